The summed E-state index contributed by atoms with van der Waals surface area (Å²) in [6.45, 7) is 5.77. The average Bonchev–Trinajstić information content (AvgIpc) is 2.67. The van der Waals surface area contributed by atoms with Crippen molar-refractivity contribution < 1.29 is 8.42 Å². The first-order valence-electron chi connectivity index (χ1n) is 6.35. The second-order valence-electron chi connectivity index (χ2n) is 4.87. The molecule has 7 heteroatoms. The van der Waals surface area contributed by atoms with Gasteiger partial charge in [0.05, 0.1) is 10.7 Å². The highest BCUT2D eigenvalue weighted by Gasteiger charge is 2.24. The van der Waals surface area contributed by atoms with Crippen molar-refractivity contribution in [1.29, 1.82) is 0 Å². The molecule has 114 valence electrons. The smallest absolute Gasteiger partial charge is 0.244 e. The fourth-order valence-corrected chi connectivity index (χ4v) is 5.17. The summed E-state index contributed by atoms with van der Waals surface area (Å²) in [6.07, 6.45) is 0. The van der Waals surface area contributed by atoms with Crippen LogP contribution in [0.3, 0.4) is 0 Å². The number of nitrogen functional groups attached to an aromatic ring is 1. The average molecular weight is 345 g/mol. The Labute approximate surface area is 134 Å². The molecule has 0 fully saturated rings. The van der Waals surface area contributed by atoms with E-state index < -0.39 is 10.0 Å². The lowest BCUT2D eigenvalue weighted by Gasteiger charge is -2.16. The van der Waals surface area contributed by atoms with Crippen LogP contribution in [-0.4, -0.2) is 8.42 Å². The van der Waals surface area contributed by atoms with Gasteiger partial charge in [-0.25, -0.2) is 13.1 Å². The van der Waals surface area contributed by atoms with Gasteiger partial charge in [0, 0.05) is 15.8 Å². The standard InChI is InChI=1S/C14H17ClN2O2S2/c1-8-7-11(10(3)20-8)9(2)17-21(18,19)14-12(15)5-4-6-13(14)16/h4-7,9,17H,16H2,1-3H3. The van der Waals surface area contributed by atoms with Crippen LogP contribution in [0.2, 0.25) is 5.02 Å². The number of thiophene rings is 1. The summed E-state index contributed by atoms with van der Waals surface area (Å²) in [4.78, 5) is 2.17. The molecule has 21 heavy (non-hydrogen) atoms. The maximum absolute atomic E-state index is 12.5. The zero-order chi connectivity index (χ0) is 15.8. The molecule has 4 nitrogen and oxygen atoms in total. The molecule has 1 heterocycles. The highest BCUT2D eigenvalue weighted by Crippen LogP contribution is 2.30. The maximum Gasteiger partial charge on any atom is 0.244 e. The van der Waals surface area contributed by atoms with E-state index in [0.717, 1.165) is 15.3 Å². The van der Waals surface area contributed by atoms with E-state index in [1.54, 1.807) is 24.3 Å². The molecule has 0 aliphatic carbocycles. The summed E-state index contributed by atoms with van der Waals surface area (Å²) >= 11 is 7.62. The van der Waals surface area contributed by atoms with Gasteiger partial charge in [0.25, 0.3) is 0 Å². The van der Waals surface area contributed by atoms with Gasteiger partial charge in [0.2, 0.25) is 10.0 Å². The molecule has 0 aliphatic rings. The SMILES string of the molecule is Cc1cc(C(C)NS(=O)(=O)c2c(N)cccc2Cl)c(C)s1. The number of halogens is 1. The zero-order valence-electron chi connectivity index (χ0n) is 12.0. The van der Waals surface area contributed by atoms with Crippen LogP contribution in [0, 0.1) is 13.8 Å². The van der Waals surface area contributed by atoms with Gasteiger partial charge in [-0.1, -0.05) is 17.7 Å². The molecule has 0 radical (unpaired) electrons. The minimum Gasteiger partial charge on any atom is -0.398 e. The van der Waals surface area contributed by atoms with Crippen LogP contribution in [-0.2, 0) is 10.0 Å². The van der Waals surface area contributed by atoms with Crippen LogP contribution in [0.5, 0.6) is 0 Å². The van der Waals surface area contributed by atoms with Gasteiger partial charge in [-0.15, -0.1) is 11.3 Å². The molecule has 2 aromatic rings. The Bertz CT molecular complexity index is 749. The number of anilines is 1. The number of nitrogens with one attached hydrogen (secondary N) is 1. The Balaban J connectivity index is 2.36. The van der Waals surface area contributed by atoms with E-state index in [2.05, 4.69) is 4.72 Å². The van der Waals surface area contributed by atoms with Crippen LogP contribution < -0.4 is 10.5 Å². The molecule has 1 unspecified atom stereocenters. The highest BCUT2D eigenvalue weighted by atomic mass is 35.5. The highest BCUT2D eigenvalue weighted by molar-refractivity contribution is 7.89. The number of benzene rings is 1. The Hall–Kier alpha value is -1.08. The minimum absolute atomic E-state index is 0.0666. The summed E-state index contributed by atoms with van der Waals surface area (Å²) in [5.41, 5.74) is 6.86. The first kappa shape index (κ1) is 16.3. The molecular formula is C14H17ClN2O2S2. The van der Waals surface area contributed by atoms with Crippen molar-refractivity contribution in [2.24, 2.45) is 0 Å². The number of rotatable bonds is 4. The van der Waals surface area contributed by atoms with Gasteiger partial charge in [-0.2, -0.15) is 0 Å². The normalized spacial score (nSPS) is 13.3. The van der Waals surface area contributed by atoms with E-state index in [9.17, 15) is 8.42 Å². The number of hydrogen-bond acceptors (Lipinski definition) is 4. The predicted molar refractivity (Wildman–Crippen MR) is 88.4 cm³/mol. The molecule has 0 saturated heterocycles. The number of nitrogens with two attached hydrogens (primary N) is 1. The minimum atomic E-state index is -3.78. The van der Waals surface area contributed by atoms with E-state index in [1.807, 2.05) is 19.9 Å². The van der Waals surface area contributed by atoms with Crippen LogP contribution in [0.15, 0.2) is 29.2 Å². The first-order chi connectivity index (χ1) is 9.72. The first-order valence-corrected chi connectivity index (χ1v) is 9.03. The van der Waals surface area contributed by atoms with Crippen molar-refractivity contribution in [3.05, 3.63) is 44.6 Å². The van der Waals surface area contributed by atoms with E-state index >= 15 is 0 Å². The van der Waals surface area contributed by atoms with Gasteiger partial charge in [0.1, 0.15) is 4.90 Å². The van der Waals surface area contributed by atoms with E-state index in [1.165, 1.54) is 12.1 Å². The predicted octanol–water partition coefficient (Wildman–Crippen LogP) is 3.64. The fourth-order valence-electron chi connectivity index (χ4n) is 2.24. The summed E-state index contributed by atoms with van der Waals surface area (Å²) in [5.74, 6) is 0. The largest absolute Gasteiger partial charge is 0.398 e. The van der Waals surface area contributed by atoms with Crippen LogP contribution >= 0.6 is 22.9 Å². The molecule has 0 amide bonds. The maximum atomic E-state index is 12.5. The van der Waals surface area contributed by atoms with Crippen molar-refractivity contribution >= 4 is 38.6 Å². The summed E-state index contributed by atoms with van der Waals surface area (Å²) < 4.78 is 27.6. The molecule has 1 atom stereocenters. The van der Waals surface area contributed by atoms with Crippen molar-refractivity contribution in [2.45, 2.75) is 31.7 Å². The third-order valence-corrected chi connectivity index (χ3v) is 6.21. The van der Waals surface area contributed by atoms with E-state index in [-0.39, 0.29) is 21.6 Å². The van der Waals surface area contributed by atoms with E-state index in [4.69, 9.17) is 17.3 Å². The lowest BCUT2D eigenvalue weighted by molar-refractivity contribution is 0.567. The molecule has 3 N–H and O–H groups in total. The Morgan fingerprint density at radius 3 is 2.52 bits per heavy atom. The van der Waals surface area contributed by atoms with Crippen molar-refractivity contribution in [3.8, 4) is 0 Å². The van der Waals surface area contributed by atoms with Crippen molar-refractivity contribution in [1.82, 2.24) is 4.72 Å². The van der Waals surface area contributed by atoms with Gasteiger partial charge in [-0.05, 0) is 44.5 Å². The van der Waals surface area contributed by atoms with Crippen LogP contribution in [0.4, 0.5) is 5.69 Å². The molecule has 1 aromatic carbocycles. The van der Waals surface area contributed by atoms with Crippen molar-refractivity contribution in [3.63, 3.8) is 0 Å². The Kier molecular flexibility index (Phi) is 4.63. The lowest BCUT2D eigenvalue weighted by Crippen LogP contribution is -2.28. The van der Waals surface area contributed by atoms with Crippen LogP contribution in [0.25, 0.3) is 0 Å². The van der Waals surface area contributed by atoms with Crippen LogP contribution in [0.1, 0.15) is 28.3 Å². The second-order valence-corrected chi connectivity index (χ2v) is 8.39. The Morgan fingerprint density at radius 2 is 2.00 bits per heavy atom. The van der Waals surface area contributed by atoms with Gasteiger partial charge in [-0.3, -0.25) is 0 Å². The van der Waals surface area contributed by atoms with Crippen molar-refractivity contribution in [2.75, 3.05) is 5.73 Å². The van der Waals surface area contributed by atoms with E-state index in [0.29, 0.717) is 0 Å². The third kappa shape index (κ3) is 3.40. The van der Waals surface area contributed by atoms with Gasteiger partial charge >= 0.3 is 0 Å². The lowest BCUT2D eigenvalue weighted by atomic mass is 10.1. The topological polar surface area (TPSA) is 72.2 Å². The number of sulfonamides is 1. The van der Waals surface area contributed by atoms with Gasteiger partial charge in [0.15, 0.2) is 0 Å². The zero-order valence-corrected chi connectivity index (χ0v) is 14.4. The molecule has 2 rings (SSSR count). The third-order valence-electron chi connectivity index (χ3n) is 3.14. The quantitative estimate of drug-likeness (QED) is 0.832. The second kappa shape index (κ2) is 5.96. The summed E-state index contributed by atoms with van der Waals surface area (Å²) in [6, 6.07) is 6.29. The van der Waals surface area contributed by atoms with Gasteiger partial charge < -0.3 is 5.73 Å². The molecule has 0 bridgehead atoms. The number of aryl methyl sites for hydroxylation is 2. The molecule has 0 saturated carbocycles. The molecule has 0 aliphatic heterocycles. The molecule has 0 spiro atoms. The number of hydrogen-bond donors (Lipinski definition) is 2. The Morgan fingerprint density at radius 1 is 1.33 bits per heavy atom. The molecule has 1 aromatic heterocycles. The summed E-state index contributed by atoms with van der Waals surface area (Å²) in [7, 11) is -3.78. The fraction of sp³-hybridized carbons (Fsp3) is 0.286. The monoisotopic (exact) mass is 344 g/mol. The summed E-state index contributed by atoms with van der Waals surface area (Å²) in [5, 5.41) is 0.118. The molecular weight excluding hydrogens is 328 g/mol.